The van der Waals surface area contributed by atoms with Crippen molar-refractivity contribution in [3.63, 3.8) is 0 Å². The van der Waals surface area contributed by atoms with Gasteiger partial charge in [-0.1, -0.05) is 0 Å². The number of halogens is 2. The number of nitrogens with two attached hydrogens (primary N) is 1. The molecule has 0 atom stereocenters. The van der Waals surface area contributed by atoms with Crippen LogP contribution in [-0.4, -0.2) is 18.4 Å². The van der Waals surface area contributed by atoms with Crippen LogP contribution in [0.25, 0.3) is 0 Å². The van der Waals surface area contributed by atoms with E-state index in [1.807, 2.05) is 0 Å². The molecule has 4 heteroatoms. The lowest BCUT2D eigenvalue weighted by Gasteiger charge is -1.91. The summed E-state index contributed by atoms with van der Waals surface area (Å²) in [6.07, 6.45) is 0. The highest BCUT2D eigenvalue weighted by Gasteiger charge is 1.90. The molecule has 0 aromatic carbocycles. The van der Waals surface area contributed by atoms with Crippen LogP contribution in [0.2, 0.25) is 0 Å². The molecule has 0 bridgehead atoms. The molecule has 0 aliphatic carbocycles. The Morgan fingerprint density at radius 2 is 2.00 bits per heavy atom. The van der Waals surface area contributed by atoms with Crippen molar-refractivity contribution in [2.24, 2.45) is 5.73 Å². The van der Waals surface area contributed by atoms with Crippen LogP contribution in [0.1, 0.15) is 0 Å². The van der Waals surface area contributed by atoms with Gasteiger partial charge >= 0.3 is 0 Å². The van der Waals surface area contributed by atoms with Gasteiger partial charge in [0, 0.05) is 11.9 Å². The zero-order valence-corrected chi connectivity index (χ0v) is 3.19. The van der Waals surface area contributed by atoms with E-state index in [1.54, 1.807) is 0 Å². The topological polar surface area (TPSA) is 29.3 Å². The highest BCUT2D eigenvalue weighted by molar-refractivity contribution is 4.28. The molecule has 0 saturated carbocycles. The van der Waals surface area contributed by atoms with Gasteiger partial charge in [0.2, 0.25) is 0 Å². The van der Waals surface area contributed by atoms with E-state index >= 15 is 0 Å². The molecule has 38 valence electrons. The van der Waals surface area contributed by atoms with Crippen LogP contribution >= 0.6 is 0 Å². The van der Waals surface area contributed by atoms with Crippen molar-refractivity contribution in [3.8, 4) is 0 Å². The minimum absolute atomic E-state index is 0.00694. The number of rotatable bonds is 2. The van der Waals surface area contributed by atoms with Gasteiger partial charge in [-0.2, -0.15) is 0 Å². The van der Waals surface area contributed by atoms with E-state index in [2.05, 4.69) is 0 Å². The first-order valence-electron chi connectivity index (χ1n) is 1.56. The molecule has 0 aromatic rings. The summed E-state index contributed by atoms with van der Waals surface area (Å²) in [4.78, 5) is 0. The molecule has 0 radical (unpaired) electrons. The smallest absolute Gasteiger partial charge is 0.0742 e. The van der Waals surface area contributed by atoms with Crippen molar-refractivity contribution in [2.45, 2.75) is 0 Å². The predicted molar refractivity (Wildman–Crippen MR) is 18.0 cm³/mol. The van der Waals surface area contributed by atoms with Crippen LogP contribution in [0.15, 0.2) is 0 Å². The minimum Gasteiger partial charge on any atom is -0.329 e. The Balaban J connectivity index is 2.63. The molecule has 0 unspecified atom stereocenters. The molecule has 0 spiro atoms. The summed E-state index contributed by atoms with van der Waals surface area (Å²) in [6.45, 7) is -0.340. The quantitative estimate of drug-likeness (QED) is 0.491. The Bertz CT molecular complexity index is 30.7. The van der Waals surface area contributed by atoms with Crippen LogP contribution in [-0.2, 0) is 0 Å². The van der Waals surface area contributed by atoms with Gasteiger partial charge in [0.05, 0.1) is 6.54 Å². The van der Waals surface area contributed by atoms with Gasteiger partial charge in [-0.3, -0.25) is 0 Å². The fourth-order valence-electron chi connectivity index (χ4n) is 0.0976. The van der Waals surface area contributed by atoms with Gasteiger partial charge in [0.1, 0.15) is 0 Å². The SMILES string of the molecule is NCCN(F)F. The summed E-state index contributed by atoms with van der Waals surface area (Å²) < 4.78 is 21.6. The lowest BCUT2D eigenvalue weighted by atomic mass is 10.7. The molecular formula is C2H6F2N2. The normalized spacial score (nSPS) is 10.0. The van der Waals surface area contributed by atoms with Crippen LogP contribution in [0.3, 0.4) is 0 Å². The molecule has 0 amide bonds. The summed E-state index contributed by atoms with van der Waals surface area (Å²) in [6, 6.07) is 0. The number of nitrogens with zero attached hydrogens (tertiary/aromatic N) is 1. The van der Waals surface area contributed by atoms with Crippen molar-refractivity contribution in [1.82, 2.24) is 5.34 Å². The van der Waals surface area contributed by atoms with Crippen LogP contribution in [0.5, 0.6) is 0 Å². The van der Waals surface area contributed by atoms with Gasteiger partial charge in [-0.05, 0) is 0 Å². The third-order valence-corrected chi connectivity index (χ3v) is 0.298. The summed E-state index contributed by atoms with van der Waals surface area (Å²) in [7, 11) is 0. The molecule has 6 heavy (non-hydrogen) atoms. The summed E-state index contributed by atoms with van der Waals surface area (Å²) in [5.41, 5.74) is 4.71. The zero-order valence-electron chi connectivity index (χ0n) is 3.19. The molecule has 0 heterocycles. The molecule has 0 aromatic heterocycles. The van der Waals surface area contributed by atoms with Crippen LogP contribution in [0, 0.1) is 0 Å². The molecule has 0 aliphatic rings. The van der Waals surface area contributed by atoms with E-state index in [0.717, 1.165) is 0 Å². The first kappa shape index (κ1) is 5.78. The third kappa shape index (κ3) is 3.78. The Morgan fingerprint density at radius 1 is 1.50 bits per heavy atom. The number of hydrogen-bond acceptors (Lipinski definition) is 2. The van der Waals surface area contributed by atoms with Crippen molar-refractivity contribution in [2.75, 3.05) is 13.1 Å². The standard InChI is InChI=1S/C2H6F2N2/c3-6(4)2-1-5/h1-2,5H2. The Kier molecular flexibility index (Phi) is 2.88. The first-order valence-corrected chi connectivity index (χ1v) is 1.56. The molecular weight excluding hydrogens is 90.0 g/mol. The lowest BCUT2D eigenvalue weighted by molar-refractivity contribution is -0.149. The first-order chi connectivity index (χ1) is 2.77. The third-order valence-electron chi connectivity index (χ3n) is 0.298. The van der Waals surface area contributed by atoms with E-state index in [9.17, 15) is 8.96 Å². The highest BCUT2D eigenvalue weighted by Crippen LogP contribution is 1.82. The Hall–Kier alpha value is -0.220. The van der Waals surface area contributed by atoms with Gasteiger partial charge < -0.3 is 5.73 Å². The maximum atomic E-state index is 10.8. The van der Waals surface area contributed by atoms with E-state index in [4.69, 9.17) is 5.73 Å². The number of hydrogen-bond donors (Lipinski definition) is 1. The lowest BCUT2D eigenvalue weighted by Crippen LogP contribution is -2.13. The minimum atomic E-state index is -0.944. The fourth-order valence-corrected chi connectivity index (χ4v) is 0.0976. The average Bonchev–Trinajstić information content (AvgIpc) is 1.35. The van der Waals surface area contributed by atoms with E-state index in [-0.39, 0.29) is 13.1 Å². The zero-order chi connectivity index (χ0) is 4.99. The fraction of sp³-hybridized carbons (Fsp3) is 1.00. The molecule has 0 saturated heterocycles. The summed E-state index contributed by atoms with van der Waals surface area (Å²) >= 11 is 0. The van der Waals surface area contributed by atoms with Crippen molar-refractivity contribution < 1.29 is 8.96 Å². The molecule has 2 nitrogen and oxygen atoms in total. The van der Waals surface area contributed by atoms with Crippen LogP contribution < -0.4 is 5.73 Å². The van der Waals surface area contributed by atoms with Gasteiger partial charge in [-0.15, -0.1) is 8.96 Å². The van der Waals surface area contributed by atoms with Gasteiger partial charge in [0.25, 0.3) is 0 Å². The van der Waals surface area contributed by atoms with Crippen molar-refractivity contribution >= 4 is 0 Å². The maximum absolute atomic E-state index is 10.8. The van der Waals surface area contributed by atoms with Crippen LogP contribution in [0.4, 0.5) is 8.96 Å². The van der Waals surface area contributed by atoms with Crippen molar-refractivity contribution in [1.29, 1.82) is 0 Å². The van der Waals surface area contributed by atoms with E-state index < -0.39 is 5.34 Å². The monoisotopic (exact) mass is 96.0 g/mol. The van der Waals surface area contributed by atoms with Gasteiger partial charge in [0.15, 0.2) is 0 Å². The second-order valence-corrected chi connectivity index (χ2v) is 0.815. The van der Waals surface area contributed by atoms with Gasteiger partial charge in [-0.25, -0.2) is 0 Å². The van der Waals surface area contributed by atoms with Crippen molar-refractivity contribution in [3.05, 3.63) is 0 Å². The summed E-state index contributed by atoms with van der Waals surface area (Å²) in [5, 5.41) is -0.944. The molecule has 0 fully saturated rings. The van der Waals surface area contributed by atoms with E-state index in [1.165, 1.54) is 0 Å². The Morgan fingerprint density at radius 3 is 2.00 bits per heavy atom. The largest absolute Gasteiger partial charge is 0.329 e. The molecule has 0 rings (SSSR count). The molecule has 2 N–H and O–H groups in total. The molecule has 0 aliphatic heterocycles. The summed E-state index contributed by atoms with van der Waals surface area (Å²) in [5.74, 6) is 0. The highest BCUT2D eigenvalue weighted by atomic mass is 19.4. The van der Waals surface area contributed by atoms with E-state index in [0.29, 0.717) is 0 Å². The maximum Gasteiger partial charge on any atom is 0.0742 e. The second kappa shape index (κ2) is 2.99. The average molecular weight is 96.1 g/mol. The second-order valence-electron chi connectivity index (χ2n) is 0.815. The Labute approximate surface area is 34.4 Å². The predicted octanol–water partition coefficient (Wildman–Crippen LogP) is 0.0161.